The third kappa shape index (κ3) is 4.27. The number of methoxy groups -OCH3 is 1. The first-order valence-corrected chi connectivity index (χ1v) is 11.3. The van der Waals surface area contributed by atoms with E-state index < -0.39 is 0 Å². The molecule has 3 aromatic carbocycles. The third-order valence-electron chi connectivity index (χ3n) is 6.28. The van der Waals surface area contributed by atoms with Gasteiger partial charge in [0.25, 0.3) is 5.91 Å². The Balaban J connectivity index is 1.54. The van der Waals surface area contributed by atoms with Crippen LogP contribution in [0, 0.1) is 6.92 Å². The number of hydrogen-bond acceptors (Lipinski definition) is 3. The molecule has 0 saturated carbocycles. The van der Waals surface area contributed by atoms with Gasteiger partial charge in [0.1, 0.15) is 11.4 Å². The molecule has 0 bridgehead atoms. The van der Waals surface area contributed by atoms with Crippen molar-refractivity contribution in [3.05, 3.63) is 101 Å². The van der Waals surface area contributed by atoms with Crippen molar-refractivity contribution in [2.24, 2.45) is 0 Å². The van der Waals surface area contributed by atoms with Crippen LogP contribution in [0.25, 0.3) is 16.9 Å². The Hall–Kier alpha value is -3.86. The van der Waals surface area contributed by atoms with Crippen molar-refractivity contribution in [3.63, 3.8) is 0 Å². The molecule has 5 nitrogen and oxygen atoms in total. The summed E-state index contributed by atoms with van der Waals surface area (Å²) in [4.78, 5) is 13.6. The zero-order chi connectivity index (χ0) is 22.8. The van der Waals surface area contributed by atoms with Gasteiger partial charge in [-0.15, -0.1) is 0 Å². The van der Waals surface area contributed by atoms with Crippen molar-refractivity contribution >= 4 is 5.91 Å². The van der Waals surface area contributed by atoms with Gasteiger partial charge in [-0.05, 0) is 61.6 Å². The van der Waals surface area contributed by atoms with Gasteiger partial charge in [0.15, 0.2) is 0 Å². The molecule has 1 atom stereocenters. The van der Waals surface area contributed by atoms with Gasteiger partial charge in [-0.2, -0.15) is 5.10 Å². The highest BCUT2D eigenvalue weighted by molar-refractivity contribution is 6.00. The average molecular weight is 438 g/mol. The van der Waals surface area contributed by atoms with Crippen LogP contribution in [0.1, 0.15) is 45.9 Å². The number of hydrogen-bond donors (Lipinski definition) is 1. The van der Waals surface area contributed by atoms with Crippen molar-refractivity contribution in [1.82, 2.24) is 15.1 Å². The molecule has 0 fully saturated rings. The molecule has 166 valence electrons. The van der Waals surface area contributed by atoms with Crippen LogP contribution >= 0.6 is 0 Å². The van der Waals surface area contributed by atoms with Crippen molar-refractivity contribution in [1.29, 1.82) is 0 Å². The number of fused-ring (bicyclic) bond motifs is 1. The topological polar surface area (TPSA) is 56.2 Å². The number of carbonyl (C=O) groups is 1. The minimum Gasteiger partial charge on any atom is -0.497 e. The Morgan fingerprint density at radius 3 is 2.70 bits per heavy atom. The summed E-state index contributed by atoms with van der Waals surface area (Å²) in [6.45, 7) is 2.05. The molecule has 1 aliphatic carbocycles. The number of amides is 1. The smallest absolute Gasteiger partial charge is 0.255 e. The van der Waals surface area contributed by atoms with Gasteiger partial charge in [0.2, 0.25) is 0 Å². The van der Waals surface area contributed by atoms with E-state index in [9.17, 15) is 4.79 Å². The molecule has 0 radical (unpaired) electrons. The van der Waals surface area contributed by atoms with Crippen LogP contribution in [-0.2, 0) is 6.42 Å². The fourth-order valence-corrected chi connectivity index (χ4v) is 4.49. The molecule has 5 heteroatoms. The third-order valence-corrected chi connectivity index (χ3v) is 6.28. The molecule has 0 spiro atoms. The van der Waals surface area contributed by atoms with Crippen LogP contribution in [0.5, 0.6) is 5.75 Å². The lowest BCUT2D eigenvalue weighted by molar-refractivity contribution is 0.0933. The molecule has 0 aliphatic heterocycles. The predicted octanol–water partition coefficient (Wildman–Crippen LogP) is 5.66. The Bertz CT molecular complexity index is 1290. The van der Waals surface area contributed by atoms with Gasteiger partial charge in [0, 0.05) is 11.8 Å². The molecule has 1 amide bonds. The van der Waals surface area contributed by atoms with E-state index in [0.717, 1.165) is 36.3 Å². The van der Waals surface area contributed by atoms with Crippen LogP contribution < -0.4 is 10.1 Å². The Morgan fingerprint density at radius 1 is 1.06 bits per heavy atom. The van der Waals surface area contributed by atoms with Crippen molar-refractivity contribution < 1.29 is 9.53 Å². The molecular formula is C28H27N3O2. The van der Waals surface area contributed by atoms with Crippen molar-refractivity contribution in [2.45, 2.75) is 32.2 Å². The molecule has 4 aromatic rings. The van der Waals surface area contributed by atoms with Gasteiger partial charge in [-0.1, -0.05) is 54.1 Å². The van der Waals surface area contributed by atoms with E-state index in [1.54, 1.807) is 11.8 Å². The maximum absolute atomic E-state index is 13.6. The summed E-state index contributed by atoms with van der Waals surface area (Å²) in [5, 5.41) is 8.10. The number of benzene rings is 3. The number of aromatic nitrogens is 2. The SMILES string of the molecule is COc1cccc(-c2nn(-c3ccc(C)cc3)cc2C(=O)N[C@@H]2CCCc3ccccc32)c1. The molecule has 33 heavy (non-hydrogen) atoms. The normalized spacial score (nSPS) is 15.0. The monoisotopic (exact) mass is 437 g/mol. The number of nitrogens with zero attached hydrogens (tertiary/aromatic N) is 2. The fourth-order valence-electron chi connectivity index (χ4n) is 4.49. The standard InChI is InChI=1S/C28H27N3O2/c1-19-13-15-22(16-14-19)31-18-25(27(30-31)21-9-5-10-23(17-21)33-2)28(32)29-26-12-6-8-20-7-3-4-11-24(20)26/h3-5,7,9-11,13-18,26H,6,8,12H2,1-2H3,(H,29,32)/t26-/m1/s1. The average Bonchev–Trinajstić information content (AvgIpc) is 3.30. The number of carbonyl (C=O) groups excluding carboxylic acids is 1. The summed E-state index contributed by atoms with van der Waals surface area (Å²) in [6, 6.07) is 24.2. The molecule has 0 saturated heterocycles. The maximum atomic E-state index is 13.6. The lowest BCUT2D eigenvalue weighted by Gasteiger charge is -2.26. The van der Waals surface area contributed by atoms with E-state index in [1.807, 2.05) is 60.8 Å². The summed E-state index contributed by atoms with van der Waals surface area (Å²) in [6.07, 6.45) is 4.88. The molecular weight excluding hydrogens is 410 g/mol. The molecule has 1 aliphatic rings. The summed E-state index contributed by atoms with van der Waals surface area (Å²) < 4.78 is 7.18. The number of nitrogens with one attached hydrogen (secondary N) is 1. The highest BCUT2D eigenvalue weighted by Gasteiger charge is 2.25. The number of rotatable bonds is 5. The van der Waals surface area contributed by atoms with Gasteiger partial charge >= 0.3 is 0 Å². The largest absolute Gasteiger partial charge is 0.497 e. The van der Waals surface area contributed by atoms with Gasteiger partial charge < -0.3 is 10.1 Å². The Morgan fingerprint density at radius 2 is 1.88 bits per heavy atom. The van der Waals surface area contributed by atoms with Gasteiger partial charge in [-0.3, -0.25) is 4.79 Å². The minimum atomic E-state index is -0.118. The summed E-state index contributed by atoms with van der Waals surface area (Å²) in [5.41, 5.74) is 6.64. The minimum absolute atomic E-state index is 0.00309. The summed E-state index contributed by atoms with van der Waals surface area (Å²) in [7, 11) is 1.64. The van der Waals surface area contributed by atoms with Crippen LogP contribution in [-0.4, -0.2) is 22.8 Å². The van der Waals surface area contributed by atoms with E-state index in [2.05, 4.69) is 30.4 Å². The zero-order valence-electron chi connectivity index (χ0n) is 18.9. The second kappa shape index (κ2) is 8.94. The molecule has 1 heterocycles. The first kappa shape index (κ1) is 21.0. The van der Waals surface area contributed by atoms with Crippen molar-refractivity contribution in [3.8, 4) is 22.7 Å². The maximum Gasteiger partial charge on any atom is 0.255 e. The second-order valence-electron chi connectivity index (χ2n) is 8.52. The van der Waals surface area contributed by atoms with E-state index in [0.29, 0.717) is 11.3 Å². The van der Waals surface area contributed by atoms with E-state index in [1.165, 1.54) is 16.7 Å². The summed E-state index contributed by atoms with van der Waals surface area (Å²) >= 11 is 0. The highest BCUT2D eigenvalue weighted by atomic mass is 16.5. The van der Waals surface area contributed by atoms with E-state index >= 15 is 0 Å². The van der Waals surface area contributed by atoms with Crippen LogP contribution in [0.4, 0.5) is 0 Å². The van der Waals surface area contributed by atoms with Crippen LogP contribution in [0.15, 0.2) is 79.0 Å². The predicted molar refractivity (Wildman–Crippen MR) is 130 cm³/mol. The lowest BCUT2D eigenvalue weighted by atomic mass is 9.87. The van der Waals surface area contributed by atoms with Crippen molar-refractivity contribution in [2.75, 3.05) is 7.11 Å². The zero-order valence-corrected chi connectivity index (χ0v) is 18.9. The molecule has 1 N–H and O–H groups in total. The quantitative estimate of drug-likeness (QED) is 0.438. The lowest BCUT2D eigenvalue weighted by Crippen LogP contribution is -2.31. The Kier molecular flexibility index (Phi) is 5.69. The molecule has 0 unspecified atom stereocenters. The molecule has 1 aromatic heterocycles. The van der Waals surface area contributed by atoms with Crippen LogP contribution in [0.3, 0.4) is 0 Å². The fraction of sp³-hybridized carbons (Fsp3) is 0.214. The first-order chi connectivity index (χ1) is 16.1. The van der Waals surface area contributed by atoms with E-state index in [4.69, 9.17) is 9.84 Å². The van der Waals surface area contributed by atoms with E-state index in [-0.39, 0.29) is 11.9 Å². The number of aryl methyl sites for hydroxylation is 2. The van der Waals surface area contributed by atoms with Gasteiger partial charge in [-0.25, -0.2) is 4.68 Å². The Labute approximate surface area is 194 Å². The first-order valence-electron chi connectivity index (χ1n) is 11.3. The highest BCUT2D eigenvalue weighted by Crippen LogP contribution is 2.31. The van der Waals surface area contributed by atoms with Gasteiger partial charge in [0.05, 0.1) is 24.4 Å². The second-order valence-corrected chi connectivity index (χ2v) is 8.52. The molecule has 5 rings (SSSR count). The summed E-state index contributed by atoms with van der Waals surface area (Å²) in [5.74, 6) is 0.609. The van der Waals surface area contributed by atoms with Crippen LogP contribution in [0.2, 0.25) is 0 Å². The number of ether oxygens (including phenoxy) is 1.